The zero-order valence-electron chi connectivity index (χ0n) is 14.2. The van der Waals surface area contributed by atoms with E-state index in [-0.39, 0.29) is 18.5 Å². The van der Waals surface area contributed by atoms with Gasteiger partial charge in [-0.2, -0.15) is 5.10 Å². The van der Waals surface area contributed by atoms with Crippen molar-refractivity contribution in [1.29, 1.82) is 0 Å². The number of primary amides is 1. The fraction of sp³-hybridized carbons (Fsp3) is 0.444. The number of hydrogen-bond donors (Lipinski definition) is 1. The van der Waals surface area contributed by atoms with Gasteiger partial charge < -0.3 is 10.5 Å². The van der Waals surface area contributed by atoms with E-state index >= 15 is 0 Å². The maximum Gasteiger partial charge on any atom is 0.231 e. The molecule has 1 fully saturated rings. The van der Waals surface area contributed by atoms with Crippen LogP contribution in [0, 0.1) is 13.8 Å². The van der Waals surface area contributed by atoms with Crippen molar-refractivity contribution < 1.29 is 9.53 Å². The zero-order chi connectivity index (χ0) is 17.1. The second-order valence-electron chi connectivity index (χ2n) is 6.26. The van der Waals surface area contributed by atoms with Crippen LogP contribution in [-0.2, 0) is 16.1 Å². The van der Waals surface area contributed by atoms with Crippen LogP contribution in [0.15, 0.2) is 30.3 Å². The van der Waals surface area contributed by atoms with E-state index in [1.165, 1.54) is 5.56 Å². The number of ether oxygens (including phenoxy) is 1. The number of morpholine rings is 1. The lowest BCUT2D eigenvalue weighted by atomic mass is 10.0. The van der Waals surface area contributed by atoms with Crippen LogP contribution in [0.1, 0.15) is 28.6 Å². The highest BCUT2D eigenvalue weighted by atomic mass is 16.5. The van der Waals surface area contributed by atoms with Gasteiger partial charge in [-0.3, -0.25) is 14.4 Å². The predicted molar refractivity (Wildman–Crippen MR) is 91.6 cm³/mol. The first-order valence-electron chi connectivity index (χ1n) is 8.24. The number of carbonyl (C=O) groups is 1. The smallest absolute Gasteiger partial charge is 0.231 e. The van der Waals surface area contributed by atoms with E-state index in [0.29, 0.717) is 19.8 Å². The Labute approximate surface area is 142 Å². The van der Waals surface area contributed by atoms with Crippen molar-refractivity contribution in [2.24, 2.45) is 5.73 Å². The molecule has 0 bridgehead atoms. The van der Waals surface area contributed by atoms with Gasteiger partial charge in [0.1, 0.15) is 0 Å². The van der Waals surface area contributed by atoms with Gasteiger partial charge in [-0.25, -0.2) is 0 Å². The third-order valence-electron chi connectivity index (χ3n) is 4.54. The minimum Gasteiger partial charge on any atom is -0.378 e. The predicted octanol–water partition coefficient (Wildman–Crippen LogP) is 1.41. The quantitative estimate of drug-likeness (QED) is 0.900. The molecule has 0 aliphatic carbocycles. The molecule has 3 rings (SSSR count). The second kappa shape index (κ2) is 7.15. The molecule has 24 heavy (non-hydrogen) atoms. The van der Waals surface area contributed by atoms with Crippen molar-refractivity contribution in [3.63, 3.8) is 0 Å². The van der Waals surface area contributed by atoms with Crippen LogP contribution < -0.4 is 5.73 Å². The summed E-state index contributed by atoms with van der Waals surface area (Å²) < 4.78 is 7.68. The average molecular weight is 328 g/mol. The highest BCUT2D eigenvalue weighted by Crippen LogP contribution is 2.29. The van der Waals surface area contributed by atoms with Crippen LogP contribution in [0.5, 0.6) is 0 Å². The van der Waals surface area contributed by atoms with Crippen molar-refractivity contribution in [3.8, 4) is 0 Å². The van der Waals surface area contributed by atoms with Crippen LogP contribution in [0.25, 0.3) is 0 Å². The molecular formula is C18H24N4O2. The first kappa shape index (κ1) is 16.7. The monoisotopic (exact) mass is 328 g/mol. The summed E-state index contributed by atoms with van der Waals surface area (Å²) in [6.45, 7) is 6.96. The Bertz CT molecular complexity index is 711. The molecule has 128 valence electrons. The molecule has 1 aliphatic heterocycles. The summed E-state index contributed by atoms with van der Waals surface area (Å²) in [4.78, 5) is 13.5. The van der Waals surface area contributed by atoms with Gasteiger partial charge in [-0.15, -0.1) is 0 Å². The molecule has 2 heterocycles. The molecule has 0 radical (unpaired) electrons. The summed E-state index contributed by atoms with van der Waals surface area (Å²) in [5.41, 5.74) is 9.85. The minimum absolute atomic E-state index is 0.0239. The van der Waals surface area contributed by atoms with Gasteiger partial charge >= 0.3 is 0 Å². The van der Waals surface area contributed by atoms with Crippen molar-refractivity contribution in [2.45, 2.75) is 26.4 Å². The Hall–Kier alpha value is -2.18. The van der Waals surface area contributed by atoms with Crippen LogP contribution in [0.3, 0.4) is 0 Å². The molecular weight excluding hydrogens is 304 g/mol. The summed E-state index contributed by atoms with van der Waals surface area (Å²) in [5.74, 6) is -0.311. The van der Waals surface area contributed by atoms with E-state index in [4.69, 9.17) is 15.6 Å². The Morgan fingerprint density at radius 1 is 1.33 bits per heavy atom. The molecule has 0 saturated carbocycles. The van der Waals surface area contributed by atoms with Crippen LogP contribution in [0.2, 0.25) is 0 Å². The Morgan fingerprint density at radius 2 is 2.08 bits per heavy atom. The van der Waals surface area contributed by atoms with E-state index in [1.807, 2.05) is 29.8 Å². The van der Waals surface area contributed by atoms with E-state index in [1.54, 1.807) is 0 Å². The van der Waals surface area contributed by atoms with Gasteiger partial charge in [0.25, 0.3) is 0 Å². The Balaban J connectivity index is 1.88. The number of benzene rings is 1. The van der Waals surface area contributed by atoms with E-state index in [0.717, 1.165) is 23.5 Å². The lowest BCUT2D eigenvalue weighted by molar-refractivity contribution is -0.121. The fourth-order valence-corrected chi connectivity index (χ4v) is 3.40. The molecule has 2 aromatic rings. The molecule has 0 spiro atoms. The van der Waals surface area contributed by atoms with Gasteiger partial charge in [0.05, 0.1) is 38.0 Å². The summed E-state index contributed by atoms with van der Waals surface area (Å²) in [5, 5.41) is 4.71. The SMILES string of the molecule is Cc1nn(Cc2ccccc2)c(C)c1[C@H]1COCCN1CC(N)=O. The molecule has 1 aromatic carbocycles. The van der Waals surface area contributed by atoms with Crippen molar-refractivity contribution in [1.82, 2.24) is 14.7 Å². The minimum atomic E-state index is -0.311. The molecule has 1 aromatic heterocycles. The van der Waals surface area contributed by atoms with Gasteiger partial charge in [0.2, 0.25) is 5.91 Å². The standard InChI is InChI=1S/C18H24N4O2/c1-13-18(16-12-24-9-8-21(16)11-17(19)23)14(2)22(20-13)10-15-6-4-3-5-7-15/h3-7,16H,8-12H2,1-2H3,(H2,19,23)/t16-/m1/s1. The lowest BCUT2D eigenvalue weighted by Gasteiger charge is -2.35. The first-order valence-corrected chi connectivity index (χ1v) is 8.24. The van der Waals surface area contributed by atoms with E-state index in [2.05, 4.69) is 24.0 Å². The van der Waals surface area contributed by atoms with Gasteiger partial charge in [0, 0.05) is 17.8 Å². The normalized spacial score (nSPS) is 18.7. The highest BCUT2D eigenvalue weighted by molar-refractivity contribution is 5.76. The molecule has 2 N–H and O–H groups in total. The number of hydrogen-bond acceptors (Lipinski definition) is 4. The zero-order valence-corrected chi connectivity index (χ0v) is 14.2. The molecule has 0 unspecified atom stereocenters. The third kappa shape index (κ3) is 3.49. The topological polar surface area (TPSA) is 73.4 Å². The van der Waals surface area contributed by atoms with Gasteiger partial charge in [-0.1, -0.05) is 30.3 Å². The molecule has 1 saturated heterocycles. The molecule has 1 aliphatic rings. The Kier molecular flexibility index (Phi) is 4.97. The maximum absolute atomic E-state index is 11.4. The van der Waals surface area contributed by atoms with Crippen LogP contribution in [0.4, 0.5) is 0 Å². The molecule has 6 heteroatoms. The molecule has 1 atom stereocenters. The van der Waals surface area contributed by atoms with Gasteiger partial charge in [-0.05, 0) is 19.4 Å². The second-order valence-corrected chi connectivity index (χ2v) is 6.26. The third-order valence-corrected chi connectivity index (χ3v) is 4.54. The fourth-order valence-electron chi connectivity index (χ4n) is 3.40. The van der Waals surface area contributed by atoms with Crippen molar-refractivity contribution in [2.75, 3.05) is 26.3 Å². The summed E-state index contributed by atoms with van der Waals surface area (Å²) in [6.07, 6.45) is 0. The number of carbonyl (C=O) groups excluding carboxylic acids is 1. The average Bonchev–Trinajstić information content (AvgIpc) is 2.83. The number of aromatic nitrogens is 2. The number of nitrogens with zero attached hydrogens (tertiary/aromatic N) is 3. The highest BCUT2D eigenvalue weighted by Gasteiger charge is 2.30. The van der Waals surface area contributed by atoms with Crippen molar-refractivity contribution in [3.05, 3.63) is 52.8 Å². The van der Waals surface area contributed by atoms with E-state index < -0.39 is 0 Å². The lowest BCUT2D eigenvalue weighted by Crippen LogP contribution is -2.44. The number of aryl methyl sites for hydroxylation is 1. The number of amides is 1. The summed E-state index contributed by atoms with van der Waals surface area (Å²) in [7, 11) is 0. The Morgan fingerprint density at radius 3 is 2.79 bits per heavy atom. The summed E-state index contributed by atoms with van der Waals surface area (Å²) >= 11 is 0. The van der Waals surface area contributed by atoms with Crippen LogP contribution in [-0.4, -0.2) is 46.9 Å². The van der Waals surface area contributed by atoms with Crippen molar-refractivity contribution >= 4 is 5.91 Å². The van der Waals surface area contributed by atoms with Gasteiger partial charge in [0.15, 0.2) is 0 Å². The number of nitrogens with two attached hydrogens (primary N) is 1. The first-order chi connectivity index (χ1) is 11.6. The molecule has 1 amide bonds. The molecule has 6 nitrogen and oxygen atoms in total. The number of rotatable bonds is 5. The largest absolute Gasteiger partial charge is 0.378 e. The van der Waals surface area contributed by atoms with E-state index in [9.17, 15) is 4.79 Å². The maximum atomic E-state index is 11.4. The van der Waals surface area contributed by atoms with Crippen LogP contribution >= 0.6 is 0 Å². The summed E-state index contributed by atoms with van der Waals surface area (Å²) in [6, 6.07) is 10.3.